The van der Waals surface area contributed by atoms with Crippen LogP contribution in [0.15, 0.2) is 18.2 Å². The second-order valence-corrected chi connectivity index (χ2v) is 10.5. The number of hydrogen-bond acceptors (Lipinski definition) is 6. The van der Waals surface area contributed by atoms with Crippen molar-refractivity contribution in [1.29, 1.82) is 0 Å². The molecule has 3 atom stereocenters. The maximum atomic E-state index is 14.2. The summed E-state index contributed by atoms with van der Waals surface area (Å²) < 4.78 is 5.65. The Morgan fingerprint density at radius 3 is 2.49 bits per heavy atom. The van der Waals surface area contributed by atoms with Gasteiger partial charge in [0.05, 0.1) is 12.0 Å². The Kier molecular flexibility index (Phi) is 7.12. The topological polar surface area (TPSA) is 96.2 Å². The molecule has 2 N–H and O–H groups in total. The lowest BCUT2D eigenvalue weighted by molar-refractivity contribution is -0.139. The molecule has 0 unspecified atom stereocenters. The number of benzene rings is 1. The molecule has 5 rings (SSSR count). The summed E-state index contributed by atoms with van der Waals surface area (Å²) in [6, 6.07) is 5.32. The first-order valence-corrected chi connectivity index (χ1v) is 13.3. The Balaban J connectivity index is 1.51. The van der Waals surface area contributed by atoms with Gasteiger partial charge < -0.3 is 25.2 Å². The number of primary amides is 1. The number of hydrogen-bond donors (Lipinski definition) is 1. The van der Waals surface area contributed by atoms with Crippen LogP contribution in [0.2, 0.25) is 0 Å². The molecule has 8 nitrogen and oxygen atoms in total. The number of nitrogens with zero attached hydrogens (tertiary/aromatic N) is 3. The van der Waals surface area contributed by atoms with Crippen LogP contribution in [-0.4, -0.2) is 85.4 Å². The fraction of sp³-hybridized carbons (Fsp3) is 0.667. The van der Waals surface area contributed by atoms with Gasteiger partial charge in [-0.1, -0.05) is 26.2 Å². The van der Waals surface area contributed by atoms with Crippen molar-refractivity contribution in [2.75, 3.05) is 50.8 Å². The zero-order valence-corrected chi connectivity index (χ0v) is 20.8. The van der Waals surface area contributed by atoms with Crippen LogP contribution in [0.1, 0.15) is 67.3 Å². The molecule has 2 amide bonds. The number of ketones is 1. The van der Waals surface area contributed by atoms with E-state index in [1.54, 1.807) is 11.0 Å². The number of anilines is 1. The van der Waals surface area contributed by atoms with Crippen molar-refractivity contribution in [3.8, 4) is 0 Å². The molecule has 1 aromatic rings. The quantitative estimate of drug-likeness (QED) is 0.668. The first-order chi connectivity index (χ1) is 17.0. The number of nitrogens with two attached hydrogens (primary N) is 1. The number of Topliss-reactive ketones (excluding diaryl/α,β-unsaturated/α-hetero) is 1. The molecule has 3 saturated heterocycles. The Morgan fingerprint density at radius 1 is 1.06 bits per heavy atom. The number of amides is 2. The highest BCUT2D eigenvalue weighted by Gasteiger charge is 2.49. The molecule has 0 spiro atoms. The lowest BCUT2D eigenvalue weighted by atomic mass is 9.74. The second-order valence-electron chi connectivity index (χ2n) is 10.5. The molecular formula is C27H38N4O4. The number of carbonyl (C=O) groups is 3. The first-order valence-electron chi connectivity index (χ1n) is 13.3. The number of fused-ring (bicyclic) bond motifs is 1. The zero-order valence-electron chi connectivity index (χ0n) is 20.8. The maximum Gasteiger partial charge on any atom is 0.249 e. The maximum absolute atomic E-state index is 14.2. The average Bonchev–Trinajstić information content (AvgIpc) is 3.47. The average molecular weight is 483 g/mol. The molecule has 4 aliphatic rings. The van der Waals surface area contributed by atoms with Gasteiger partial charge >= 0.3 is 0 Å². The smallest absolute Gasteiger partial charge is 0.249 e. The van der Waals surface area contributed by atoms with Crippen LogP contribution in [0, 0.1) is 5.92 Å². The van der Waals surface area contributed by atoms with E-state index in [4.69, 9.17) is 10.5 Å². The molecule has 0 bridgehead atoms. The van der Waals surface area contributed by atoms with E-state index in [2.05, 4.69) is 16.7 Å². The molecule has 1 aromatic carbocycles. The van der Waals surface area contributed by atoms with Gasteiger partial charge in [0.15, 0.2) is 5.78 Å². The summed E-state index contributed by atoms with van der Waals surface area (Å²) in [5, 5.41) is 0. The van der Waals surface area contributed by atoms with Crippen LogP contribution < -0.4 is 10.6 Å². The summed E-state index contributed by atoms with van der Waals surface area (Å²) in [7, 11) is 0. The van der Waals surface area contributed by atoms with Gasteiger partial charge in [-0.2, -0.15) is 0 Å². The molecule has 8 heteroatoms. The van der Waals surface area contributed by atoms with E-state index in [0.29, 0.717) is 18.5 Å². The van der Waals surface area contributed by atoms with E-state index in [9.17, 15) is 14.4 Å². The van der Waals surface area contributed by atoms with Crippen molar-refractivity contribution in [1.82, 2.24) is 9.80 Å². The number of likely N-dealkylation sites (N-methyl/N-ethyl adjacent to an activating group) is 1. The van der Waals surface area contributed by atoms with E-state index in [0.717, 1.165) is 69.7 Å². The van der Waals surface area contributed by atoms with Crippen molar-refractivity contribution >= 4 is 23.3 Å². The normalized spacial score (nSPS) is 26.7. The summed E-state index contributed by atoms with van der Waals surface area (Å²) in [5.74, 6) is -0.894. The van der Waals surface area contributed by atoms with Gasteiger partial charge in [-0.05, 0) is 55.5 Å². The van der Waals surface area contributed by atoms with Gasteiger partial charge in [-0.25, -0.2) is 0 Å². The predicted octanol–water partition coefficient (Wildman–Crippen LogP) is 2.16. The largest absolute Gasteiger partial charge is 0.369 e. The highest BCUT2D eigenvalue weighted by Crippen LogP contribution is 2.42. The highest BCUT2D eigenvalue weighted by atomic mass is 16.5. The van der Waals surface area contributed by atoms with E-state index in [-0.39, 0.29) is 30.3 Å². The number of ether oxygens (including phenoxy) is 1. The summed E-state index contributed by atoms with van der Waals surface area (Å²) in [6.07, 6.45) is 5.70. The van der Waals surface area contributed by atoms with Crippen molar-refractivity contribution < 1.29 is 19.1 Å². The van der Waals surface area contributed by atoms with Crippen LogP contribution in [0.25, 0.3) is 0 Å². The fourth-order valence-corrected chi connectivity index (χ4v) is 6.63. The number of likely N-dealkylation sites (tertiary alicyclic amines) is 1. The van der Waals surface area contributed by atoms with Crippen LogP contribution in [0.3, 0.4) is 0 Å². The summed E-state index contributed by atoms with van der Waals surface area (Å²) >= 11 is 0. The van der Waals surface area contributed by atoms with Crippen LogP contribution in [0.5, 0.6) is 0 Å². The Morgan fingerprint density at radius 2 is 1.80 bits per heavy atom. The van der Waals surface area contributed by atoms with E-state index in [1.807, 2.05) is 12.1 Å². The molecule has 0 radical (unpaired) electrons. The summed E-state index contributed by atoms with van der Waals surface area (Å²) in [6.45, 7) is 7.63. The van der Waals surface area contributed by atoms with Crippen LogP contribution in [-0.2, 0) is 14.3 Å². The predicted molar refractivity (Wildman–Crippen MR) is 133 cm³/mol. The first kappa shape index (κ1) is 24.3. The molecule has 190 valence electrons. The Labute approximate surface area is 207 Å². The Bertz CT molecular complexity index is 968. The second kappa shape index (κ2) is 10.3. The Hall–Kier alpha value is -2.45. The third-order valence-electron chi connectivity index (χ3n) is 8.60. The SMILES string of the molecule is CCN1CCN(c2ccc(C(N)=O)c([C@@H](C(=O)N3CC[C@H]4OCC(=O)[C@H]43)C3CCCCC3)c2)CC1. The van der Waals surface area contributed by atoms with Gasteiger partial charge in [0.1, 0.15) is 12.6 Å². The van der Waals surface area contributed by atoms with Gasteiger partial charge in [-0.3, -0.25) is 14.4 Å². The van der Waals surface area contributed by atoms with Gasteiger partial charge in [-0.15, -0.1) is 0 Å². The molecule has 3 heterocycles. The lowest BCUT2D eigenvalue weighted by Crippen LogP contribution is -2.47. The molecule has 0 aromatic heterocycles. The van der Waals surface area contributed by atoms with Gasteiger partial charge in [0.25, 0.3) is 0 Å². The minimum Gasteiger partial charge on any atom is -0.369 e. The fourth-order valence-electron chi connectivity index (χ4n) is 6.63. The molecule has 1 aliphatic carbocycles. The van der Waals surface area contributed by atoms with E-state index in [1.165, 1.54) is 6.42 Å². The van der Waals surface area contributed by atoms with Crippen molar-refractivity contribution in [3.05, 3.63) is 29.3 Å². The molecule has 4 fully saturated rings. The third kappa shape index (κ3) is 4.70. The van der Waals surface area contributed by atoms with Gasteiger partial charge in [0, 0.05) is 44.0 Å². The number of piperazine rings is 1. The van der Waals surface area contributed by atoms with E-state index >= 15 is 0 Å². The van der Waals surface area contributed by atoms with E-state index < -0.39 is 17.9 Å². The third-order valence-corrected chi connectivity index (χ3v) is 8.60. The summed E-state index contributed by atoms with van der Waals surface area (Å²) in [5.41, 5.74) is 8.05. The van der Waals surface area contributed by atoms with Crippen molar-refractivity contribution in [2.45, 2.75) is 63.5 Å². The van der Waals surface area contributed by atoms with Crippen molar-refractivity contribution in [3.63, 3.8) is 0 Å². The van der Waals surface area contributed by atoms with Crippen LogP contribution in [0.4, 0.5) is 5.69 Å². The molecule has 35 heavy (non-hydrogen) atoms. The highest BCUT2D eigenvalue weighted by molar-refractivity contribution is 5.99. The van der Waals surface area contributed by atoms with Crippen LogP contribution >= 0.6 is 0 Å². The monoisotopic (exact) mass is 482 g/mol. The standard InChI is InChI=1S/C27H38N4O4/c1-2-29-12-14-30(15-13-29)19-8-9-20(26(28)33)21(16-19)24(18-6-4-3-5-7-18)27(34)31-11-10-23-25(31)22(32)17-35-23/h8-9,16,18,23-25H,2-7,10-15,17H2,1H3,(H2,28,33)/t23-,24+,25-/m1/s1. The number of rotatable bonds is 6. The molecule has 3 aliphatic heterocycles. The zero-order chi connectivity index (χ0) is 24.5. The summed E-state index contributed by atoms with van der Waals surface area (Å²) in [4.78, 5) is 45.9. The minimum atomic E-state index is -0.504. The van der Waals surface area contributed by atoms with Gasteiger partial charge in [0.2, 0.25) is 11.8 Å². The minimum absolute atomic E-state index is 0.0130. The lowest BCUT2D eigenvalue weighted by Gasteiger charge is -2.37. The molecule has 1 saturated carbocycles. The molecular weight excluding hydrogens is 444 g/mol. The van der Waals surface area contributed by atoms with Crippen molar-refractivity contribution in [2.24, 2.45) is 11.7 Å². The number of carbonyl (C=O) groups excluding carboxylic acids is 3.